The van der Waals surface area contributed by atoms with E-state index in [2.05, 4.69) is 17.2 Å². The Hall–Kier alpha value is -2.90. The highest BCUT2D eigenvalue weighted by Crippen LogP contribution is 2.31. The molecule has 0 fully saturated rings. The van der Waals surface area contributed by atoms with Gasteiger partial charge < -0.3 is 10.6 Å². The number of carbonyl (C=O) groups is 1. The van der Waals surface area contributed by atoms with Gasteiger partial charge in [0.2, 0.25) is 15.9 Å². The number of carbonyl (C=O) groups excluding carboxylic acids is 1. The predicted octanol–water partition coefficient (Wildman–Crippen LogP) is 2.81. The molecule has 2 aromatic carbocycles. The molecule has 0 unspecified atom stereocenters. The SMILES string of the molecule is C=C[C@@H]1CC(=O)Nc2cccc(/C=C/c3cccc(S(N)(=O)=O)c3)c2N1. The van der Waals surface area contributed by atoms with E-state index in [1.165, 1.54) is 12.1 Å². The van der Waals surface area contributed by atoms with Crippen molar-refractivity contribution >= 4 is 39.5 Å². The van der Waals surface area contributed by atoms with Crippen LogP contribution in [0.5, 0.6) is 0 Å². The second-order valence-corrected chi connectivity index (χ2v) is 7.52. The maximum Gasteiger partial charge on any atom is 0.238 e. The van der Waals surface area contributed by atoms with E-state index >= 15 is 0 Å². The first-order chi connectivity index (χ1) is 12.4. The Balaban J connectivity index is 1.97. The highest BCUT2D eigenvalue weighted by Gasteiger charge is 2.19. The van der Waals surface area contributed by atoms with Crippen LogP contribution in [-0.4, -0.2) is 20.4 Å². The Morgan fingerprint density at radius 3 is 2.65 bits per heavy atom. The maximum absolute atomic E-state index is 12.0. The van der Waals surface area contributed by atoms with Gasteiger partial charge in [-0.15, -0.1) is 6.58 Å². The summed E-state index contributed by atoms with van der Waals surface area (Å²) >= 11 is 0. The molecule has 6 nitrogen and oxygen atoms in total. The fourth-order valence-electron chi connectivity index (χ4n) is 2.74. The Labute approximate surface area is 152 Å². The number of primary sulfonamides is 1. The van der Waals surface area contributed by atoms with E-state index in [1.807, 2.05) is 24.3 Å². The first kappa shape index (κ1) is 17.9. The number of anilines is 2. The van der Waals surface area contributed by atoms with Gasteiger partial charge in [0.1, 0.15) is 0 Å². The van der Waals surface area contributed by atoms with Crippen molar-refractivity contribution in [1.82, 2.24) is 0 Å². The quantitative estimate of drug-likeness (QED) is 0.570. The van der Waals surface area contributed by atoms with E-state index in [-0.39, 0.29) is 16.8 Å². The smallest absolute Gasteiger partial charge is 0.238 e. The van der Waals surface area contributed by atoms with Crippen LogP contribution in [0.3, 0.4) is 0 Å². The minimum Gasteiger partial charge on any atom is -0.376 e. The van der Waals surface area contributed by atoms with Crippen molar-refractivity contribution in [2.75, 3.05) is 10.6 Å². The number of hydrogen-bond donors (Lipinski definition) is 3. The molecule has 0 aromatic heterocycles. The fraction of sp³-hybridized carbons (Fsp3) is 0.105. The lowest BCUT2D eigenvalue weighted by molar-refractivity contribution is -0.116. The molecule has 4 N–H and O–H groups in total. The van der Waals surface area contributed by atoms with E-state index in [0.717, 1.165) is 11.3 Å². The van der Waals surface area contributed by atoms with Crippen molar-refractivity contribution in [2.45, 2.75) is 17.4 Å². The molecule has 1 aliphatic rings. The zero-order valence-corrected chi connectivity index (χ0v) is 14.8. The minimum absolute atomic E-state index is 0.0589. The Kier molecular flexibility index (Phi) is 4.92. The molecular weight excluding hydrogens is 350 g/mol. The topological polar surface area (TPSA) is 101 Å². The van der Waals surface area contributed by atoms with Gasteiger partial charge in [-0.05, 0) is 29.3 Å². The molecule has 1 heterocycles. The summed E-state index contributed by atoms with van der Waals surface area (Å²) in [6.45, 7) is 3.76. The van der Waals surface area contributed by atoms with E-state index in [1.54, 1.807) is 24.3 Å². The maximum atomic E-state index is 12.0. The van der Waals surface area contributed by atoms with Gasteiger partial charge in [-0.1, -0.05) is 42.5 Å². The van der Waals surface area contributed by atoms with Crippen LogP contribution in [0.15, 0.2) is 60.0 Å². The number of fused-ring (bicyclic) bond motifs is 1. The van der Waals surface area contributed by atoms with Gasteiger partial charge in [-0.2, -0.15) is 0 Å². The van der Waals surface area contributed by atoms with E-state index in [4.69, 9.17) is 5.14 Å². The van der Waals surface area contributed by atoms with Crippen LogP contribution in [0.4, 0.5) is 11.4 Å². The number of benzene rings is 2. The zero-order chi connectivity index (χ0) is 18.7. The summed E-state index contributed by atoms with van der Waals surface area (Å²) in [7, 11) is -3.75. The van der Waals surface area contributed by atoms with Crippen LogP contribution in [0.25, 0.3) is 12.2 Å². The average Bonchev–Trinajstić information content (AvgIpc) is 2.77. The summed E-state index contributed by atoms with van der Waals surface area (Å²) in [6, 6.07) is 11.8. The van der Waals surface area contributed by atoms with Crippen molar-refractivity contribution < 1.29 is 13.2 Å². The molecule has 3 rings (SSSR count). The Morgan fingerprint density at radius 1 is 1.15 bits per heavy atom. The highest BCUT2D eigenvalue weighted by atomic mass is 32.2. The number of rotatable bonds is 4. The van der Waals surface area contributed by atoms with Crippen molar-refractivity contribution in [3.05, 3.63) is 66.2 Å². The second kappa shape index (κ2) is 7.15. The monoisotopic (exact) mass is 369 g/mol. The van der Waals surface area contributed by atoms with Gasteiger partial charge in [-0.25, -0.2) is 13.6 Å². The molecule has 1 aliphatic heterocycles. The molecule has 7 heteroatoms. The highest BCUT2D eigenvalue weighted by molar-refractivity contribution is 7.89. The third kappa shape index (κ3) is 4.01. The summed E-state index contributed by atoms with van der Waals surface area (Å²) in [5.41, 5.74) is 3.05. The predicted molar refractivity (Wildman–Crippen MR) is 104 cm³/mol. The molecule has 1 amide bonds. The number of nitrogens with one attached hydrogen (secondary N) is 2. The summed E-state index contributed by atoms with van der Waals surface area (Å²) < 4.78 is 23.0. The van der Waals surface area contributed by atoms with Gasteiger partial charge in [-0.3, -0.25) is 4.79 Å². The standard InChI is InChI=1S/C19H19N3O3S/c1-2-15-12-18(23)22-17-8-4-6-14(19(17)21-15)10-9-13-5-3-7-16(11-13)26(20,24)25/h2-11,15,21H,1,12H2,(H,22,23)(H2,20,24,25)/b10-9+/t15-/m1/s1. The Bertz CT molecular complexity index is 997. The molecule has 0 bridgehead atoms. The van der Waals surface area contributed by atoms with E-state index < -0.39 is 10.0 Å². The first-order valence-corrected chi connectivity index (χ1v) is 9.54. The lowest BCUT2D eigenvalue weighted by Gasteiger charge is -2.15. The number of para-hydroxylation sites is 1. The van der Waals surface area contributed by atoms with Crippen LogP contribution in [0.2, 0.25) is 0 Å². The third-order valence-electron chi connectivity index (χ3n) is 4.03. The number of hydrogen-bond acceptors (Lipinski definition) is 4. The lowest BCUT2D eigenvalue weighted by Crippen LogP contribution is -2.20. The van der Waals surface area contributed by atoms with E-state index in [9.17, 15) is 13.2 Å². The van der Waals surface area contributed by atoms with Crippen molar-refractivity contribution in [1.29, 1.82) is 0 Å². The fourth-order valence-corrected chi connectivity index (χ4v) is 3.30. The van der Waals surface area contributed by atoms with E-state index in [0.29, 0.717) is 17.7 Å². The van der Waals surface area contributed by atoms with Gasteiger partial charge in [0.05, 0.1) is 28.7 Å². The van der Waals surface area contributed by atoms with Crippen LogP contribution in [-0.2, 0) is 14.8 Å². The molecule has 0 spiro atoms. The van der Waals surface area contributed by atoms with Gasteiger partial charge in [0.25, 0.3) is 0 Å². The van der Waals surface area contributed by atoms with Crippen molar-refractivity contribution in [3.63, 3.8) is 0 Å². The normalized spacial score (nSPS) is 17.1. The van der Waals surface area contributed by atoms with Crippen LogP contribution < -0.4 is 15.8 Å². The summed E-state index contributed by atoms with van der Waals surface area (Å²) in [5, 5.41) is 11.4. The number of nitrogens with two attached hydrogens (primary N) is 1. The molecule has 0 saturated heterocycles. The number of sulfonamides is 1. The molecule has 1 atom stereocenters. The van der Waals surface area contributed by atoms with Crippen molar-refractivity contribution in [3.8, 4) is 0 Å². The molecule has 2 aromatic rings. The molecule has 0 saturated carbocycles. The van der Waals surface area contributed by atoms with Gasteiger partial charge >= 0.3 is 0 Å². The summed E-state index contributed by atoms with van der Waals surface area (Å²) in [6.07, 6.45) is 5.65. The second-order valence-electron chi connectivity index (χ2n) is 5.96. The van der Waals surface area contributed by atoms with Crippen LogP contribution in [0.1, 0.15) is 17.5 Å². The Morgan fingerprint density at radius 2 is 1.92 bits per heavy atom. The average molecular weight is 369 g/mol. The minimum atomic E-state index is -3.75. The third-order valence-corrected chi connectivity index (χ3v) is 4.94. The number of amides is 1. The zero-order valence-electron chi connectivity index (χ0n) is 14.0. The molecule has 0 radical (unpaired) electrons. The van der Waals surface area contributed by atoms with Crippen molar-refractivity contribution in [2.24, 2.45) is 5.14 Å². The lowest BCUT2D eigenvalue weighted by atomic mass is 10.1. The molecule has 0 aliphatic carbocycles. The molecule has 26 heavy (non-hydrogen) atoms. The van der Waals surface area contributed by atoms with Gasteiger partial charge in [0.15, 0.2) is 0 Å². The molecular formula is C19H19N3O3S. The van der Waals surface area contributed by atoms with Crippen LogP contribution in [0, 0.1) is 0 Å². The summed E-state index contributed by atoms with van der Waals surface area (Å²) in [5.74, 6) is -0.0804. The van der Waals surface area contributed by atoms with Gasteiger partial charge in [0, 0.05) is 0 Å². The summed E-state index contributed by atoms with van der Waals surface area (Å²) in [4.78, 5) is 12.0. The van der Waals surface area contributed by atoms with Crippen LogP contribution >= 0.6 is 0 Å². The largest absolute Gasteiger partial charge is 0.376 e. The molecule has 134 valence electrons. The first-order valence-electron chi connectivity index (χ1n) is 8.00.